The third-order valence-electron chi connectivity index (χ3n) is 12.5. The molecule has 9 heteroatoms. The number of aliphatic hydroxyl groups is 4. The normalized spacial score (nSPS) is 19.8. The van der Waals surface area contributed by atoms with Crippen molar-refractivity contribution >= 4 is 5.97 Å². The molecule has 0 aromatic rings. The van der Waals surface area contributed by atoms with E-state index >= 15 is 0 Å². The average molecular weight is 907 g/mol. The van der Waals surface area contributed by atoms with Gasteiger partial charge in [0.2, 0.25) is 0 Å². The molecule has 0 aliphatic carbocycles. The molecule has 1 heterocycles. The summed E-state index contributed by atoms with van der Waals surface area (Å²) in [6.07, 6.45) is 50.4. The van der Waals surface area contributed by atoms with Crippen LogP contribution in [0.4, 0.5) is 0 Å². The molecule has 1 saturated heterocycles. The van der Waals surface area contributed by atoms with E-state index in [0.29, 0.717) is 13.0 Å². The zero-order valence-corrected chi connectivity index (χ0v) is 41.5. The van der Waals surface area contributed by atoms with Crippen molar-refractivity contribution in [3.05, 3.63) is 36.5 Å². The first-order chi connectivity index (χ1) is 31.4. The summed E-state index contributed by atoms with van der Waals surface area (Å²) in [5.41, 5.74) is 0. The van der Waals surface area contributed by atoms with Crippen molar-refractivity contribution in [3.8, 4) is 0 Å². The number of hydrogen-bond donors (Lipinski definition) is 4. The first-order valence-electron chi connectivity index (χ1n) is 27.1. The number of ether oxygens (including phenoxy) is 4. The predicted octanol–water partition coefficient (Wildman–Crippen LogP) is 13.5. The summed E-state index contributed by atoms with van der Waals surface area (Å²) < 4.78 is 22.9. The number of allylic oxidation sites excluding steroid dienone is 6. The highest BCUT2D eigenvalue weighted by Crippen LogP contribution is 2.23. The maximum atomic E-state index is 12.8. The van der Waals surface area contributed by atoms with Gasteiger partial charge in [0.15, 0.2) is 6.29 Å². The van der Waals surface area contributed by atoms with E-state index in [1.807, 2.05) is 0 Å². The lowest BCUT2D eigenvalue weighted by atomic mass is 9.99. The number of carbonyl (C=O) groups is 1. The van der Waals surface area contributed by atoms with E-state index in [4.69, 9.17) is 18.9 Å². The minimum absolute atomic E-state index is 0.115. The van der Waals surface area contributed by atoms with Gasteiger partial charge in [-0.1, -0.05) is 204 Å². The van der Waals surface area contributed by atoms with Crippen molar-refractivity contribution in [2.45, 2.75) is 282 Å². The standard InChI is InChI=1S/C55H102O9/c1-3-5-7-9-11-13-15-17-19-21-22-23-24-25-26-27-29-31-33-35-37-39-41-43-45-61-47-49(48-62-55-54(60)53(59)52(58)50(46-56)64-55)63-51(57)44-42-40-38-36-34-32-30-28-20-18-16-14-12-10-8-6-4-2/h12,14,18,20-22,49-50,52-56,58-60H,3-11,13,15-17,19,23-48H2,1-2H3/b14-12-,20-18-,22-21-. The lowest BCUT2D eigenvalue weighted by Gasteiger charge is -2.39. The summed E-state index contributed by atoms with van der Waals surface area (Å²) >= 11 is 0. The molecule has 6 atom stereocenters. The van der Waals surface area contributed by atoms with Gasteiger partial charge >= 0.3 is 5.97 Å². The Balaban J connectivity index is 2.17. The van der Waals surface area contributed by atoms with E-state index in [2.05, 4.69) is 50.3 Å². The number of aliphatic hydroxyl groups excluding tert-OH is 4. The Labute approximate surface area is 393 Å². The van der Waals surface area contributed by atoms with Gasteiger partial charge in [0.05, 0.1) is 19.8 Å². The Kier molecular flexibility index (Phi) is 43.9. The number of unbranched alkanes of at least 4 members (excludes halogenated alkanes) is 30. The maximum Gasteiger partial charge on any atom is 0.306 e. The Morgan fingerprint density at radius 3 is 1.39 bits per heavy atom. The van der Waals surface area contributed by atoms with Gasteiger partial charge in [-0.15, -0.1) is 0 Å². The molecule has 0 aromatic carbocycles. The molecule has 6 unspecified atom stereocenters. The van der Waals surface area contributed by atoms with Crippen molar-refractivity contribution < 1.29 is 44.2 Å². The second kappa shape index (κ2) is 46.5. The monoisotopic (exact) mass is 907 g/mol. The van der Waals surface area contributed by atoms with Gasteiger partial charge in [-0.2, -0.15) is 0 Å². The van der Waals surface area contributed by atoms with E-state index in [-0.39, 0.29) is 19.2 Å². The van der Waals surface area contributed by atoms with Gasteiger partial charge in [0.1, 0.15) is 30.5 Å². The van der Waals surface area contributed by atoms with Crippen molar-refractivity contribution in [1.82, 2.24) is 0 Å². The quantitative estimate of drug-likeness (QED) is 0.0267. The summed E-state index contributed by atoms with van der Waals surface area (Å²) in [5, 5.41) is 40.3. The van der Waals surface area contributed by atoms with Crippen LogP contribution in [0.3, 0.4) is 0 Å². The molecule has 0 radical (unpaired) electrons. The smallest absolute Gasteiger partial charge is 0.306 e. The molecule has 376 valence electrons. The Morgan fingerprint density at radius 2 is 0.906 bits per heavy atom. The molecule has 0 aromatic heterocycles. The lowest BCUT2D eigenvalue weighted by molar-refractivity contribution is -0.305. The fourth-order valence-corrected chi connectivity index (χ4v) is 8.28. The van der Waals surface area contributed by atoms with Gasteiger partial charge < -0.3 is 39.4 Å². The molecule has 64 heavy (non-hydrogen) atoms. The average Bonchev–Trinajstić information content (AvgIpc) is 3.30. The first kappa shape index (κ1) is 60.4. The summed E-state index contributed by atoms with van der Waals surface area (Å²) in [6, 6.07) is 0. The van der Waals surface area contributed by atoms with Gasteiger partial charge in [-0.3, -0.25) is 4.79 Å². The molecule has 0 spiro atoms. The number of hydrogen-bond acceptors (Lipinski definition) is 9. The molecule has 1 rings (SSSR count). The number of rotatable bonds is 47. The van der Waals surface area contributed by atoms with Crippen molar-refractivity contribution in [2.75, 3.05) is 26.4 Å². The fraction of sp³-hybridized carbons (Fsp3) is 0.873. The molecule has 4 N–H and O–H groups in total. The van der Waals surface area contributed by atoms with Crippen molar-refractivity contribution in [1.29, 1.82) is 0 Å². The van der Waals surface area contributed by atoms with E-state index < -0.39 is 43.4 Å². The van der Waals surface area contributed by atoms with Crippen molar-refractivity contribution in [3.63, 3.8) is 0 Å². The van der Waals surface area contributed by atoms with Crippen LogP contribution in [0.25, 0.3) is 0 Å². The lowest BCUT2D eigenvalue weighted by Crippen LogP contribution is -2.59. The second-order valence-corrected chi connectivity index (χ2v) is 18.7. The van der Waals surface area contributed by atoms with Crippen LogP contribution in [-0.4, -0.2) is 89.6 Å². The second-order valence-electron chi connectivity index (χ2n) is 18.7. The molecule has 0 amide bonds. The molecule has 0 saturated carbocycles. The summed E-state index contributed by atoms with van der Waals surface area (Å²) in [7, 11) is 0. The molecule has 1 aliphatic heterocycles. The highest BCUT2D eigenvalue weighted by atomic mass is 16.7. The highest BCUT2D eigenvalue weighted by Gasteiger charge is 2.44. The number of carbonyl (C=O) groups excluding carboxylic acids is 1. The topological polar surface area (TPSA) is 135 Å². The van der Waals surface area contributed by atoms with Crippen LogP contribution in [0.15, 0.2) is 36.5 Å². The third kappa shape index (κ3) is 36.5. The summed E-state index contributed by atoms with van der Waals surface area (Å²) in [5.74, 6) is -0.319. The molecule has 0 bridgehead atoms. The Hall–Kier alpha value is -1.59. The SMILES string of the molecule is CCCCC/C=C\C/C=C\CCCCCCCCCC(=O)OC(COCCCCCCCCCCCCCC/C=C\CCCCCCCCCC)COC1OC(CO)C(O)C(O)C1O. The number of esters is 1. The van der Waals surface area contributed by atoms with E-state index in [1.54, 1.807) is 0 Å². The van der Waals surface area contributed by atoms with E-state index in [9.17, 15) is 25.2 Å². The van der Waals surface area contributed by atoms with Crippen LogP contribution in [0, 0.1) is 0 Å². The Bertz CT molecular complexity index is 1080. The van der Waals surface area contributed by atoms with Gasteiger partial charge in [-0.25, -0.2) is 0 Å². The zero-order chi connectivity index (χ0) is 46.4. The predicted molar refractivity (Wildman–Crippen MR) is 265 cm³/mol. The van der Waals surface area contributed by atoms with E-state index in [0.717, 1.165) is 44.9 Å². The molecular weight excluding hydrogens is 805 g/mol. The Morgan fingerprint density at radius 1 is 0.500 bits per heavy atom. The van der Waals surface area contributed by atoms with Crippen LogP contribution in [-0.2, 0) is 23.7 Å². The van der Waals surface area contributed by atoms with Crippen LogP contribution < -0.4 is 0 Å². The van der Waals surface area contributed by atoms with Gasteiger partial charge in [0, 0.05) is 13.0 Å². The summed E-state index contributed by atoms with van der Waals surface area (Å²) in [6.45, 7) is 4.56. The van der Waals surface area contributed by atoms with Gasteiger partial charge in [0.25, 0.3) is 0 Å². The highest BCUT2D eigenvalue weighted by molar-refractivity contribution is 5.69. The minimum Gasteiger partial charge on any atom is -0.457 e. The third-order valence-corrected chi connectivity index (χ3v) is 12.5. The first-order valence-corrected chi connectivity index (χ1v) is 27.1. The largest absolute Gasteiger partial charge is 0.457 e. The fourth-order valence-electron chi connectivity index (χ4n) is 8.28. The van der Waals surface area contributed by atoms with Crippen molar-refractivity contribution in [2.24, 2.45) is 0 Å². The van der Waals surface area contributed by atoms with Crippen LogP contribution in [0.2, 0.25) is 0 Å². The summed E-state index contributed by atoms with van der Waals surface area (Å²) in [4.78, 5) is 12.8. The molecule has 9 nitrogen and oxygen atoms in total. The van der Waals surface area contributed by atoms with Crippen LogP contribution in [0.1, 0.15) is 245 Å². The van der Waals surface area contributed by atoms with E-state index in [1.165, 1.54) is 180 Å². The molecular formula is C55H102O9. The zero-order valence-electron chi connectivity index (χ0n) is 41.5. The van der Waals surface area contributed by atoms with Crippen LogP contribution >= 0.6 is 0 Å². The molecule has 1 fully saturated rings. The van der Waals surface area contributed by atoms with Crippen LogP contribution in [0.5, 0.6) is 0 Å². The molecule has 1 aliphatic rings. The minimum atomic E-state index is -1.54. The maximum absolute atomic E-state index is 12.8. The van der Waals surface area contributed by atoms with Gasteiger partial charge in [-0.05, 0) is 70.6 Å².